The van der Waals surface area contributed by atoms with Crippen molar-refractivity contribution in [3.63, 3.8) is 0 Å². The maximum Gasteiger partial charge on any atom is 0.241 e. The van der Waals surface area contributed by atoms with Gasteiger partial charge in [-0.1, -0.05) is 18.2 Å². The summed E-state index contributed by atoms with van der Waals surface area (Å²) in [4.78, 5) is 20.0. The summed E-state index contributed by atoms with van der Waals surface area (Å²) in [5, 5.41) is 1.15. The van der Waals surface area contributed by atoms with E-state index in [1.807, 2.05) is 37.4 Å². The maximum absolute atomic E-state index is 6.17. The average Bonchev–Trinajstić information content (AvgIpc) is 2.71. The van der Waals surface area contributed by atoms with Crippen LogP contribution in [-0.4, -0.2) is 39.1 Å². The number of pyridine rings is 2. The maximum atomic E-state index is 6.17. The van der Waals surface area contributed by atoms with Crippen molar-refractivity contribution in [2.45, 2.75) is 13.0 Å². The van der Waals surface area contributed by atoms with Gasteiger partial charge in [-0.15, -0.1) is 0 Å². The first-order chi connectivity index (χ1) is 13.8. The lowest BCUT2D eigenvalue weighted by molar-refractivity contribution is 0.160. The average molecular weight is 369 g/mol. The molecule has 5 rings (SSSR count). The van der Waals surface area contributed by atoms with Crippen molar-refractivity contribution in [2.75, 3.05) is 18.0 Å². The monoisotopic (exact) mass is 369 g/mol. The molecule has 1 aliphatic heterocycles. The summed E-state index contributed by atoms with van der Waals surface area (Å²) in [6.07, 6.45) is 7.00. The number of aromatic nitrogens is 4. The zero-order valence-corrected chi connectivity index (χ0v) is 15.5. The van der Waals surface area contributed by atoms with Crippen molar-refractivity contribution in [3.8, 4) is 17.1 Å². The van der Waals surface area contributed by atoms with Gasteiger partial charge in [0.25, 0.3) is 0 Å². The Hall–Kier alpha value is -3.54. The molecule has 0 spiro atoms. The van der Waals surface area contributed by atoms with Gasteiger partial charge in [0.05, 0.1) is 18.6 Å². The second kappa shape index (κ2) is 6.88. The molecule has 1 aromatic carbocycles. The predicted molar refractivity (Wildman–Crippen MR) is 108 cm³/mol. The van der Waals surface area contributed by atoms with Gasteiger partial charge in [-0.05, 0) is 36.8 Å². The molecule has 6 nitrogen and oxygen atoms in total. The van der Waals surface area contributed by atoms with E-state index in [0.717, 1.165) is 46.6 Å². The van der Waals surface area contributed by atoms with Crippen LogP contribution in [0, 0.1) is 6.92 Å². The van der Waals surface area contributed by atoms with Gasteiger partial charge in [0.15, 0.2) is 0 Å². The van der Waals surface area contributed by atoms with Gasteiger partial charge in [-0.3, -0.25) is 4.98 Å². The summed E-state index contributed by atoms with van der Waals surface area (Å²) < 4.78 is 6.17. The molecule has 3 aromatic heterocycles. The minimum absolute atomic E-state index is 0.0610. The van der Waals surface area contributed by atoms with Crippen molar-refractivity contribution >= 4 is 16.7 Å². The lowest BCUT2D eigenvalue weighted by Crippen LogP contribution is -2.54. The molecule has 1 aliphatic rings. The van der Waals surface area contributed by atoms with Crippen LogP contribution in [0.4, 0.5) is 5.82 Å². The molecule has 6 heteroatoms. The standard InChI is InChI=1S/C22H19N5O/c1-15-12-23-9-8-18(15)21-22(25-11-10-24-21)28-17-13-27(14-17)20-7-6-16-4-2-3-5-19(16)26-20/h2-12,17H,13-14H2,1H3. The highest BCUT2D eigenvalue weighted by atomic mass is 16.5. The van der Waals surface area contributed by atoms with E-state index < -0.39 is 0 Å². The number of para-hydroxylation sites is 1. The van der Waals surface area contributed by atoms with Crippen LogP contribution in [0.5, 0.6) is 5.88 Å². The molecule has 4 heterocycles. The molecule has 4 aromatic rings. The van der Waals surface area contributed by atoms with Crippen LogP contribution in [0.3, 0.4) is 0 Å². The minimum atomic E-state index is 0.0610. The molecule has 0 amide bonds. The Labute approximate surface area is 162 Å². The number of benzene rings is 1. The van der Waals surface area contributed by atoms with Gasteiger partial charge in [0, 0.05) is 35.7 Å². The lowest BCUT2D eigenvalue weighted by Gasteiger charge is -2.39. The van der Waals surface area contributed by atoms with Gasteiger partial charge in [0.1, 0.15) is 17.6 Å². The van der Waals surface area contributed by atoms with Gasteiger partial charge in [-0.25, -0.2) is 15.0 Å². The largest absolute Gasteiger partial charge is 0.469 e. The fourth-order valence-corrected chi connectivity index (χ4v) is 3.42. The summed E-state index contributed by atoms with van der Waals surface area (Å²) in [5.74, 6) is 1.54. The number of rotatable bonds is 4. The Morgan fingerprint density at radius 3 is 2.71 bits per heavy atom. The number of aryl methyl sites for hydroxylation is 1. The summed E-state index contributed by atoms with van der Waals surface area (Å²) >= 11 is 0. The zero-order chi connectivity index (χ0) is 18.9. The number of anilines is 1. The highest BCUT2D eigenvalue weighted by Crippen LogP contribution is 2.30. The molecule has 0 radical (unpaired) electrons. The molecular weight excluding hydrogens is 350 g/mol. The molecule has 0 N–H and O–H groups in total. The molecule has 1 saturated heterocycles. The third-order valence-corrected chi connectivity index (χ3v) is 4.97. The molecular formula is C22H19N5O. The molecule has 0 unspecified atom stereocenters. The SMILES string of the molecule is Cc1cnccc1-c1nccnc1OC1CN(c2ccc3ccccc3n2)C1. The second-order valence-electron chi connectivity index (χ2n) is 6.91. The van der Waals surface area contributed by atoms with Crippen molar-refractivity contribution in [1.29, 1.82) is 0 Å². The fourth-order valence-electron chi connectivity index (χ4n) is 3.42. The summed E-state index contributed by atoms with van der Waals surface area (Å²) in [6.45, 7) is 3.56. The van der Waals surface area contributed by atoms with E-state index in [2.05, 4.69) is 38.1 Å². The molecule has 28 heavy (non-hydrogen) atoms. The third-order valence-electron chi connectivity index (χ3n) is 4.97. The van der Waals surface area contributed by atoms with Crippen LogP contribution in [-0.2, 0) is 0 Å². The van der Waals surface area contributed by atoms with Crippen LogP contribution < -0.4 is 9.64 Å². The fraction of sp³-hybridized carbons (Fsp3) is 0.182. The van der Waals surface area contributed by atoms with Gasteiger partial charge in [-0.2, -0.15) is 0 Å². The number of nitrogens with zero attached hydrogens (tertiary/aromatic N) is 5. The second-order valence-corrected chi connectivity index (χ2v) is 6.91. The Morgan fingerprint density at radius 1 is 0.964 bits per heavy atom. The van der Waals surface area contributed by atoms with E-state index in [0.29, 0.717) is 5.88 Å². The Morgan fingerprint density at radius 2 is 1.82 bits per heavy atom. The number of ether oxygens (including phenoxy) is 1. The van der Waals surface area contributed by atoms with E-state index in [1.54, 1.807) is 18.6 Å². The topological polar surface area (TPSA) is 64.0 Å². The van der Waals surface area contributed by atoms with E-state index in [-0.39, 0.29) is 6.10 Å². The summed E-state index contributed by atoms with van der Waals surface area (Å²) in [6, 6.07) is 14.3. The number of hydrogen-bond acceptors (Lipinski definition) is 6. The molecule has 138 valence electrons. The predicted octanol–water partition coefficient (Wildman–Crippen LogP) is 3.66. The van der Waals surface area contributed by atoms with Crippen molar-refractivity contribution in [2.24, 2.45) is 0 Å². The Balaban J connectivity index is 1.32. The molecule has 0 atom stereocenters. The molecule has 1 fully saturated rings. The van der Waals surface area contributed by atoms with Gasteiger partial charge in [0.2, 0.25) is 5.88 Å². The highest BCUT2D eigenvalue weighted by molar-refractivity contribution is 5.80. The molecule has 0 bridgehead atoms. The first-order valence-corrected chi connectivity index (χ1v) is 9.27. The third kappa shape index (κ3) is 3.03. The van der Waals surface area contributed by atoms with E-state index >= 15 is 0 Å². The van der Waals surface area contributed by atoms with E-state index in [4.69, 9.17) is 9.72 Å². The van der Waals surface area contributed by atoms with Crippen molar-refractivity contribution in [3.05, 3.63) is 72.8 Å². The van der Waals surface area contributed by atoms with E-state index in [9.17, 15) is 0 Å². The number of hydrogen-bond donors (Lipinski definition) is 0. The lowest BCUT2D eigenvalue weighted by atomic mass is 10.1. The molecule has 0 aliphatic carbocycles. The summed E-state index contributed by atoms with van der Waals surface area (Å²) in [7, 11) is 0. The quantitative estimate of drug-likeness (QED) is 0.547. The highest BCUT2D eigenvalue weighted by Gasteiger charge is 2.31. The van der Waals surface area contributed by atoms with Crippen molar-refractivity contribution < 1.29 is 4.74 Å². The first kappa shape index (κ1) is 16.6. The van der Waals surface area contributed by atoms with Crippen LogP contribution in [0.1, 0.15) is 5.56 Å². The number of fused-ring (bicyclic) bond motifs is 1. The van der Waals surface area contributed by atoms with E-state index in [1.165, 1.54) is 0 Å². The molecule has 0 saturated carbocycles. The summed E-state index contributed by atoms with van der Waals surface area (Å²) in [5.41, 5.74) is 3.80. The van der Waals surface area contributed by atoms with Crippen LogP contribution >= 0.6 is 0 Å². The van der Waals surface area contributed by atoms with Crippen molar-refractivity contribution in [1.82, 2.24) is 19.9 Å². The van der Waals surface area contributed by atoms with Gasteiger partial charge < -0.3 is 9.64 Å². The Bertz CT molecular complexity index is 1140. The first-order valence-electron chi connectivity index (χ1n) is 9.27. The van der Waals surface area contributed by atoms with Crippen LogP contribution in [0.25, 0.3) is 22.2 Å². The smallest absolute Gasteiger partial charge is 0.241 e. The van der Waals surface area contributed by atoms with Crippen LogP contribution in [0.2, 0.25) is 0 Å². The normalized spacial score (nSPS) is 14.1. The van der Waals surface area contributed by atoms with Gasteiger partial charge >= 0.3 is 0 Å². The minimum Gasteiger partial charge on any atom is -0.469 e. The zero-order valence-electron chi connectivity index (χ0n) is 15.5. The van der Waals surface area contributed by atoms with Crippen LogP contribution in [0.15, 0.2) is 67.3 Å². The Kier molecular flexibility index (Phi) is 4.09.